The molecule has 6 nitrogen and oxygen atoms in total. The van der Waals surface area contributed by atoms with Gasteiger partial charge in [0, 0.05) is 41.7 Å². The molecule has 0 spiro atoms. The lowest BCUT2D eigenvalue weighted by atomic mass is 9.99. The van der Waals surface area contributed by atoms with Gasteiger partial charge >= 0.3 is 0 Å². The van der Waals surface area contributed by atoms with Crippen molar-refractivity contribution in [2.45, 2.75) is 45.6 Å². The first-order chi connectivity index (χ1) is 13.8. The predicted molar refractivity (Wildman–Crippen MR) is 111 cm³/mol. The Morgan fingerprint density at radius 3 is 2.59 bits per heavy atom. The first-order valence-corrected chi connectivity index (χ1v) is 9.90. The molecule has 0 aromatic carbocycles. The summed E-state index contributed by atoms with van der Waals surface area (Å²) in [5.74, 6) is 2.14. The van der Waals surface area contributed by atoms with E-state index in [-0.39, 0.29) is 0 Å². The zero-order valence-electron chi connectivity index (χ0n) is 17.3. The zero-order valence-corrected chi connectivity index (χ0v) is 17.3. The molecule has 29 heavy (non-hydrogen) atoms. The Morgan fingerprint density at radius 1 is 1.10 bits per heavy atom. The van der Waals surface area contributed by atoms with Crippen molar-refractivity contribution in [1.29, 1.82) is 0 Å². The van der Waals surface area contributed by atoms with Gasteiger partial charge in [-0.3, -0.25) is 9.97 Å². The largest absolute Gasteiger partial charge is 0.477 e. The van der Waals surface area contributed by atoms with Crippen LogP contribution in [0.15, 0.2) is 42.9 Å². The fourth-order valence-electron chi connectivity index (χ4n) is 3.49. The van der Waals surface area contributed by atoms with Crippen molar-refractivity contribution in [3.8, 4) is 17.0 Å². The monoisotopic (exact) mass is 390 g/mol. The van der Waals surface area contributed by atoms with Crippen molar-refractivity contribution < 1.29 is 9.84 Å². The summed E-state index contributed by atoms with van der Waals surface area (Å²) in [7, 11) is 0. The van der Waals surface area contributed by atoms with Gasteiger partial charge in [-0.15, -0.1) is 0 Å². The minimum atomic E-state index is -0.987. The number of hydrogen-bond acceptors (Lipinski definition) is 6. The highest BCUT2D eigenvalue weighted by Crippen LogP contribution is 2.47. The van der Waals surface area contributed by atoms with Crippen LogP contribution in [0, 0.1) is 19.8 Å². The van der Waals surface area contributed by atoms with Crippen LogP contribution < -0.4 is 4.74 Å². The molecule has 4 rings (SSSR count). The second-order valence-electron chi connectivity index (χ2n) is 8.25. The first-order valence-electron chi connectivity index (χ1n) is 9.90. The Morgan fingerprint density at radius 2 is 1.90 bits per heavy atom. The molecule has 3 aromatic heterocycles. The number of pyridine rings is 2. The molecule has 6 heteroatoms. The van der Waals surface area contributed by atoms with E-state index < -0.39 is 5.60 Å². The third-order valence-electron chi connectivity index (χ3n) is 5.33. The second-order valence-corrected chi connectivity index (χ2v) is 8.25. The number of aromatic nitrogens is 4. The number of rotatable bonds is 6. The number of nitrogens with zero attached hydrogens (tertiary/aromatic N) is 4. The van der Waals surface area contributed by atoms with Crippen LogP contribution in [0.2, 0.25) is 0 Å². The summed E-state index contributed by atoms with van der Waals surface area (Å²) in [4.78, 5) is 17.8. The molecule has 0 amide bonds. The van der Waals surface area contributed by atoms with E-state index >= 15 is 0 Å². The summed E-state index contributed by atoms with van der Waals surface area (Å²) >= 11 is 0. The number of aliphatic hydroxyl groups is 1. The summed E-state index contributed by atoms with van der Waals surface area (Å²) in [6.07, 6.45) is 6.47. The van der Waals surface area contributed by atoms with Crippen LogP contribution in [0.5, 0.6) is 5.88 Å². The fraction of sp³-hybridized carbons (Fsp3) is 0.391. The summed E-state index contributed by atoms with van der Waals surface area (Å²) in [6.45, 7) is 7.90. The molecule has 3 aromatic rings. The van der Waals surface area contributed by atoms with Gasteiger partial charge in [0.15, 0.2) is 0 Å². The average Bonchev–Trinajstić information content (AvgIpc) is 3.46. The Balaban J connectivity index is 1.54. The van der Waals surface area contributed by atoms with Crippen LogP contribution in [0.25, 0.3) is 11.1 Å². The molecular formula is C23H26N4O2. The van der Waals surface area contributed by atoms with Crippen molar-refractivity contribution in [2.24, 2.45) is 5.92 Å². The quantitative estimate of drug-likeness (QED) is 0.686. The molecular weight excluding hydrogens is 364 g/mol. The van der Waals surface area contributed by atoms with Crippen LogP contribution in [-0.2, 0) is 5.60 Å². The molecule has 150 valence electrons. The lowest BCUT2D eigenvalue weighted by Crippen LogP contribution is -2.17. The summed E-state index contributed by atoms with van der Waals surface area (Å²) in [6, 6.07) is 7.94. The SMILES string of the molecule is Cc1ncc(-c2cnc(C(C)(C)O)cc2C)c(OCC2CC2c2ccccn2)n1. The molecule has 0 radical (unpaired) electrons. The lowest BCUT2D eigenvalue weighted by Gasteiger charge is -2.18. The fourth-order valence-corrected chi connectivity index (χ4v) is 3.49. The van der Waals surface area contributed by atoms with Gasteiger partial charge in [0.25, 0.3) is 0 Å². The Bertz CT molecular complexity index is 1020. The van der Waals surface area contributed by atoms with Gasteiger partial charge in [0.05, 0.1) is 17.9 Å². The third-order valence-corrected chi connectivity index (χ3v) is 5.33. The van der Waals surface area contributed by atoms with Crippen LogP contribution in [0.1, 0.15) is 49.0 Å². The molecule has 2 unspecified atom stereocenters. The third kappa shape index (κ3) is 4.27. The van der Waals surface area contributed by atoms with Gasteiger partial charge in [-0.05, 0) is 57.9 Å². The standard InChI is InChI=1S/C23H26N4O2/c1-14-9-21(23(3,4)28)26-11-18(14)19-12-25-15(2)27-22(19)29-13-16-10-17(16)20-7-5-6-8-24-20/h5-9,11-12,16-17,28H,10,13H2,1-4H3. The van der Waals surface area contributed by atoms with E-state index in [4.69, 9.17) is 4.74 Å². The van der Waals surface area contributed by atoms with Crippen molar-refractivity contribution >= 4 is 0 Å². The van der Waals surface area contributed by atoms with Crippen molar-refractivity contribution in [3.05, 3.63) is 65.6 Å². The predicted octanol–water partition coefficient (Wildman–Crippen LogP) is 3.96. The Kier molecular flexibility index (Phi) is 5.04. The molecule has 1 saturated carbocycles. The zero-order chi connectivity index (χ0) is 20.6. The molecule has 1 aliphatic carbocycles. The van der Waals surface area contributed by atoms with E-state index in [1.807, 2.05) is 38.2 Å². The van der Waals surface area contributed by atoms with Crippen molar-refractivity contribution in [3.63, 3.8) is 0 Å². The highest BCUT2D eigenvalue weighted by molar-refractivity contribution is 5.70. The lowest BCUT2D eigenvalue weighted by molar-refractivity contribution is 0.0738. The van der Waals surface area contributed by atoms with E-state index in [1.54, 1.807) is 26.2 Å². The van der Waals surface area contributed by atoms with Crippen molar-refractivity contribution in [2.75, 3.05) is 6.61 Å². The van der Waals surface area contributed by atoms with E-state index in [9.17, 15) is 5.11 Å². The Labute approximate surface area is 171 Å². The smallest absolute Gasteiger partial charge is 0.224 e. The maximum atomic E-state index is 10.2. The maximum absolute atomic E-state index is 10.2. The molecule has 2 atom stereocenters. The van der Waals surface area contributed by atoms with Gasteiger partial charge < -0.3 is 9.84 Å². The normalized spacial score (nSPS) is 18.5. The summed E-state index contributed by atoms with van der Waals surface area (Å²) in [5.41, 5.74) is 3.49. The summed E-state index contributed by atoms with van der Waals surface area (Å²) < 4.78 is 6.14. The van der Waals surface area contributed by atoms with E-state index in [2.05, 4.69) is 26.0 Å². The van der Waals surface area contributed by atoms with Crippen LogP contribution in [0.3, 0.4) is 0 Å². The maximum Gasteiger partial charge on any atom is 0.224 e. The molecule has 0 aliphatic heterocycles. The average molecular weight is 390 g/mol. The molecule has 0 saturated heterocycles. The van der Waals surface area contributed by atoms with E-state index in [0.717, 1.165) is 28.8 Å². The molecule has 3 heterocycles. The van der Waals surface area contributed by atoms with Crippen LogP contribution >= 0.6 is 0 Å². The molecule has 1 N–H and O–H groups in total. The number of ether oxygens (including phenoxy) is 1. The van der Waals surface area contributed by atoms with Gasteiger partial charge in [-0.1, -0.05) is 6.07 Å². The van der Waals surface area contributed by atoms with E-state index in [0.29, 0.717) is 35.8 Å². The minimum Gasteiger partial charge on any atom is -0.477 e. The van der Waals surface area contributed by atoms with Gasteiger partial charge in [0.2, 0.25) is 5.88 Å². The molecule has 1 aliphatic rings. The minimum absolute atomic E-state index is 0.449. The number of hydrogen-bond donors (Lipinski definition) is 1. The van der Waals surface area contributed by atoms with Gasteiger partial charge in [0.1, 0.15) is 11.4 Å². The van der Waals surface area contributed by atoms with Crippen LogP contribution in [0.4, 0.5) is 0 Å². The van der Waals surface area contributed by atoms with Crippen molar-refractivity contribution in [1.82, 2.24) is 19.9 Å². The highest BCUT2D eigenvalue weighted by Gasteiger charge is 2.40. The Hall–Kier alpha value is -2.86. The van der Waals surface area contributed by atoms with Gasteiger partial charge in [-0.25, -0.2) is 4.98 Å². The molecule has 0 bridgehead atoms. The van der Waals surface area contributed by atoms with E-state index in [1.165, 1.54) is 0 Å². The number of aryl methyl sites for hydroxylation is 2. The van der Waals surface area contributed by atoms with Crippen LogP contribution in [-0.4, -0.2) is 31.6 Å². The second kappa shape index (κ2) is 7.52. The first kappa shape index (κ1) is 19.5. The summed E-state index contributed by atoms with van der Waals surface area (Å²) in [5, 5.41) is 10.2. The topological polar surface area (TPSA) is 81.0 Å². The highest BCUT2D eigenvalue weighted by atomic mass is 16.5. The van der Waals surface area contributed by atoms with Gasteiger partial charge in [-0.2, -0.15) is 4.98 Å². The molecule has 1 fully saturated rings.